The average Bonchev–Trinajstić information content (AvgIpc) is 2.65. The van der Waals surface area contributed by atoms with Crippen molar-refractivity contribution >= 4 is 27.3 Å². The molecule has 15 heavy (non-hydrogen) atoms. The van der Waals surface area contributed by atoms with Crippen molar-refractivity contribution < 1.29 is 4.74 Å². The van der Waals surface area contributed by atoms with Crippen LogP contribution >= 0.6 is 27.3 Å². The summed E-state index contributed by atoms with van der Waals surface area (Å²) in [6, 6.07) is 8.07. The third-order valence-corrected chi connectivity index (χ3v) is 3.52. The second-order valence-electron chi connectivity index (χ2n) is 3.08. The van der Waals surface area contributed by atoms with Crippen molar-refractivity contribution in [3.63, 3.8) is 0 Å². The quantitative estimate of drug-likeness (QED) is 0.860. The number of aromatic nitrogens is 1. The summed E-state index contributed by atoms with van der Waals surface area (Å²) in [5.74, 6) is 0.888. The van der Waals surface area contributed by atoms with Crippen molar-refractivity contribution in [1.82, 2.24) is 4.98 Å². The molecule has 4 heteroatoms. The predicted octanol–water partition coefficient (Wildman–Crippen LogP) is 3.51. The van der Waals surface area contributed by atoms with Crippen molar-refractivity contribution in [1.29, 1.82) is 0 Å². The van der Waals surface area contributed by atoms with Gasteiger partial charge >= 0.3 is 0 Å². The average molecular weight is 284 g/mol. The first-order chi connectivity index (χ1) is 7.28. The zero-order chi connectivity index (χ0) is 10.7. The zero-order valence-electron chi connectivity index (χ0n) is 8.24. The molecule has 2 rings (SSSR count). The van der Waals surface area contributed by atoms with Crippen molar-refractivity contribution in [2.24, 2.45) is 0 Å². The molecule has 0 saturated heterocycles. The van der Waals surface area contributed by atoms with E-state index in [4.69, 9.17) is 4.74 Å². The number of halogens is 1. The van der Waals surface area contributed by atoms with Gasteiger partial charge in [-0.1, -0.05) is 12.1 Å². The number of hydrogen-bond acceptors (Lipinski definition) is 3. The summed E-state index contributed by atoms with van der Waals surface area (Å²) >= 11 is 5.07. The first-order valence-electron chi connectivity index (χ1n) is 4.51. The Bertz CT molecular complexity index is 438. The first-order valence-corrected chi connectivity index (χ1v) is 6.12. The molecule has 0 aliphatic heterocycles. The van der Waals surface area contributed by atoms with Crippen LogP contribution in [0.4, 0.5) is 0 Å². The number of methoxy groups -OCH3 is 1. The highest BCUT2D eigenvalue weighted by Crippen LogP contribution is 2.22. The fraction of sp³-hybridized carbons (Fsp3) is 0.182. The highest BCUT2D eigenvalue weighted by atomic mass is 79.9. The van der Waals surface area contributed by atoms with Gasteiger partial charge in [0.1, 0.15) is 5.75 Å². The van der Waals surface area contributed by atoms with Crippen LogP contribution in [0.15, 0.2) is 34.2 Å². The highest BCUT2D eigenvalue weighted by Gasteiger charge is 2.01. The van der Waals surface area contributed by atoms with E-state index in [1.165, 1.54) is 5.56 Å². The molecule has 0 amide bonds. The SMILES string of the molecule is COc1ccc(Cc2ncc(Br)s2)cc1. The van der Waals surface area contributed by atoms with Gasteiger partial charge in [-0.3, -0.25) is 0 Å². The summed E-state index contributed by atoms with van der Waals surface area (Å²) in [6.07, 6.45) is 2.71. The van der Waals surface area contributed by atoms with Gasteiger partial charge in [-0.05, 0) is 33.6 Å². The molecule has 2 aromatic rings. The summed E-state index contributed by atoms with van der Waals surface area (Å²) < 4.78 is 6.18. The number of benzene rings is 1. The Hall–Kier alpha value is -0.870. The van der Waals surface area contributed by atoms with Gasteiger partial charge in [0.05, 0.1) is 22.1 Å². The van der Waals surface area contributed by atoms with E-state index in [1.807, 2.05) is 18.3 Å². The molecule has 0 aliphatic rings. The van der Waals surface area contributed by atoms with Crippen molar-refractivity contribution in [3.05, 3.63) is 44.8 Å². The molecule has 0 N–H and O–H groups in total. The van der Waals surface area contributed by atoms with Gasteiger partial charge in [0.25, 0.3) is 0 Å². The number of hydrogen-bond donors (Lipinski definition) is 0. The van der Waals surface area contributed by atoms with Crippen LogP contribution in [-0.4, -0.2) is 12.1 Å². The van der Waals surface area contributed by atoms with Crippen molar-refractivity contribution in [2.75, 3.05) is 7.11 Å². The Morgan fingerprint density at radius 3 is 2.60 bits per heavy atom. The molecule has 2 nitrogen and oxygen atoms in total. The fourth-order valence-electron chi connectivity index (χ4n) is 1.29. The fourth-order valence-corrected chi connectivity index (χ4v) is 2.63. The van der Waals surface area contributed by atoms with Gasteiger partial charge in [0.2, 0.25) is 0 Å². The second-order valence-corrected chi connectivity index (χ2v) is 5.58. The molecule has 1 aromatic carbocycles. The largest absolute Gasteiger partial charge is 0.497 e. The van der Waals surface area contributed by atoms with E-state index in [2.05, 4.69) is 33.0 Å². The molecule has 0 atom stereocenters. The number of thiazole rings is 1. The minimum Gasteiger partial charge on any atom is -0.497 e. The number of ether oxygens (including phenoxy) is 1. The molecule has 0 bridgehead atoms. The van der Waals surface area contributed by atoms with Gasteiger partial charge in [0, 0.05) is 6.42 Å². The molecular weight excluding hydrogens is 274 g/mol. The number of nitrogens with zero attached hydrogens (tertiary/aromatic N) is 1. The van der Waals surface area contributed by atoms with Gasteiger partial charge in [-0.2, -0.15) is 0 Å². The lowest BCUT2D eigenvalue weighted by Crippen LogP contribution is -1.87. The van der Waals surface area contributed by atoms with Crippen LogP contribution in [0.1, 0.15) is 10.6 Å². The molecule has 0 saturated carbocycles. The normalized spacial score (nSPS) is 10.3. The van der Waals surface area contributed by atoms with E-state index in [1.54, 1.807) is 18.4 Å². The Morgan fingerprint density at radius 1 is 1.33 bits per heavy atom. The zero-order valence-corrected chi connectivity index (χ0v) is 10.6. The lowest BCUT2D eigenvalue weighted by Gasteiger charge is -2.01. The monoisotopic (exact) mass is 283 g/mol. The van der Waals surface area contributed by atoms with Crippen molar-refractivity contribution in [2.45, 2.75) is 6.42 Å². The lowest BCUT2D eigenvalue weighted by atomic mass is 10.1. The topological polar surface area (TPSA) is 22.1 Å². The maximum absolute atomic E-state index is 5.10. The van der Waals surface area contributed by atoms with Crippen molar-refractivity contribution in [3.8, 4) is 5.75 Å². The third-order valence-electron chi connectivity index (χ3n) is 2.04. The van der Waals surface area contributed by atoms with Gasteiger partial charge < -0.3 is 4.74 Å². The summed E-state index contributed by atoms with van der Waals surface area (Å²) in [7, 11) is 1.67. The minimum atomic E-state index is 0.875. The van der Waals surface area contributed by atoms with Crippen LogP contribution in [0, 0.1) is 0 Å². The Kier molecular flexibility index (Phi) is 3.38. The van der Waals surface area contributed by atoms with Gasteiger partial charge in [0.15, 0.2) is 0 Å². The molecule has 0 aliphatic carbocycles. The van der Waals surface area contributed by atoms with Crippen LogP contribution in [-0.2, 0) is 6.42 Å². The summed E-state index contributed by atoms with van der Waals surface area (Å²) in [4.78, 5) is 4.29. The smallest absolute Gasteiger partial charge is 0.118 e. The van der Waals surface area contributed by atoms with Crippen LogP contribution in [0.2, 0.25) is 0 Å². The molecule has 1 aromatic heterocycles. The van der Waals surface area contributed by atoms with Crippen LogP contribution in [0.25, 0.3) is 0 Å². The summed E-state index contributed by atoms with van der Waals surface area (Å²) in [6.45, 7) is 0. The Morgan fingerprint density at radius 2 is 2.07 bits per heavy atom. The standard InChI is InChI=1S/C11H10BrNOS/c1-14-9-4-2-8(3-5-9)6-11-13-7-10(12)15-11/h2-5,7H,6H2,1H3. The maximum Gasteiger partial charge on any atom is 0.118 e. The predicted molar refractivity (Wildman–Crippen MR) is 65.6 cm³/mol. The van der Waals surface area contributed by atoms with E-state index < -0.39 is 0 Å². The first kappa shape index (κ1) is 10.6. The summed E-state index contributed by atoms with van der Waals surface area (Å²) in [5, 5.41) is 1.12. The van der Waals surface area contributed by atoms with E-state index in [0.29, 0.717) is 0 Å². The second kappa shape index (κ2) is 4.77. The Labute approximate surface area is 101 Å². The molecular formula is C11H10BrNOS. The molecule has 78 valence electrons. The Balaban J connectivity index is 2.11. The molecule has 0 radical (unpaired) electrons. The molecule has 0 unspecified atom stereocenters. The van der Waals surface area contributed by atoms with E-state index in [9.17, 15) is 0 Å². The lowest BCUT2D eigenvalue weighted by molar-refractivity contribution is 0.414. The van der Waals surface area contributed by atoms with E-state index in [0.717, 1.165) is 21.0 Å². The van der Waals surface area contributed by atoms with Crippen LogP contribution in [0.5, 0.6) is 5.75 Å². The van der Waals surface area contributed by atoms with E-state index in [-0.39, 0.29) is 0 Å². The molecule has 0 spiro atoms. The maximum atomic E-state index is 5.10. The highest BCUT2D eigenvalue weighted by molar-refractivity contribution is 9.11. The van der Waals surface area contributed by atoms with Crippen LogP contribution < -0.4 is 4.74 Å². The van der Waals surface area contributed by atoms with E-state index >= 15 is 0 Å². The summed E-state index contributed by atoms with van der Waals surface area (Å²) in [5.41, 5.74) is 1.25. The molecule has 0 fully saturated rings. The number of rotatable bonds is 3. The third kappa shape index (κ3) is 2.79. The van der Waals surface area contributed by atoms with Gasteiger partial charge in [-0.25, -0.2) is 4.98 Å². The minimum absolute atomic E-state index is 0.875. The molecule has 1 heterocycles. The van der Waals surface area contributed by atoms with Gasteiger partial charge in [-0.15, -0.1) is 11.3 Å². The van der Waals surface area contributed by atoms with Crippen LogP contribution in [0.3, 0.4) is 0 Å².